The quantitative estimate of drug-likeness (QED) is 0.762. The molecule has 0 aliphatic heterocycles. The largest absolute Gasteiger partial charge is 0.508 e. The molecule has 1 heterocycles. The maximum atomic E-state index is 13.6. The first kappa shape index (κ1) is 11.4. The number of terminal acetylenes is 1. The number of aromatic nitrogens is 1. The van der Waals surface area contributed by atoms with Crippen LogP contribution < -0.4 is 0 Å². The van der Waals surface area contributed by atoms with Crippen molar-refractivity contribution in [1.29, 1.82) is 0 Å². The number of phenols is 1. The molecule has 2 rings (SSSR count). The van der Waals surface area contributed by atoms with Crippen LogP contribution in [-0.4, -0.2) is 10.1 Å². The van der Waals surface area contributed by atoms with Gasteiger partial charge in [-0.2, -0.15) is 0 Å². The van der Waals surface area contributed by atoms with Crippen LogP contribution in [0, 0.1) is 18.2 Å². The van der Waals surface area contributed by atoms with E-state index in [2.05, 4.69) is 10.9 Å². The van der Waals surface area contributed by atoms with E-state index in [9.17, 15) is 9.50 Å². The second kappa shape index (κ2) is 4.06. The van der Waals surface area contributed by atoms with Gasteiger partial charge >= 0.3 is 0 Å². The lowest BCUT2D eigenvalue weighted by Gasteiger charge is -2.12. The minimum atomic E-state index is -0.507. The minimum absolute atomic E-state index is 0.114. The Hall–Kier alpha value is -2.08. The average Bonchev–Trinajstić information content (AvgIpc) is 2.28. The van der Waals surface area contributed by atoms with Crippen molar-refractivity contribution in [3.05, 3.63) is 35.3 Å². The fourth-order valence-electron chi connectivity index (χ4n) is 1.91. The topological polar surface area (TPSA) is 33.1 Å². The lowest BCUT2D eigenvalue weighted by Crippen LogP contribution is -1.96. The number of rotatable bonds is 1. The molecule has 0 fully saturated rings. The zero-order valence-corrected chi connectivity index (χ0v) is 9.66. The van der Waals surface area contributed by atoms with Gasteiger partial charge in [-0.3, -0.25) is 4.98 Å². The molecule has 0 radical (unpaired) electrons. The number of hydrogen-bond acceptors (Lipinski definition) is 2. The number of phenolic OH excluding ortho intramolecular Hbond substituents is 1. The number of hydrogen-bond donors (Lipinski definition) is 1. The Morgan fingerprint density at radius 2 is 2.12 bits per heavy atom. The van der Waals surface area contributed by atoms with Crippen molar-refractivity contribution < 1.29 is 9.50 Å². The van der Waals surface area contributed by atoms with Gasteiger partial charge in [-0.25, -0.2) is 4.39 Å². The number of pyridine rings is 1. The third kappa shape index (κ3) is 1.83. The molecule has 1 N–H and O–H groups in total. The molecular weight excluding hydrogens is 217 g/mol. The number of nitrogens with zero attached hydrogens (tertiary/aromatic N) is 1. The van der Waals surface area contributed by atoms with Crippen LogP contribution in [0.1, 0.15) is 30.9 Å². The Kier molecular flexibility index (Phi) is 2.72. The van der Waals surface area contributed by atoms with E-state index in [4.69, 9.17) is 6.42 Å². The first-order valence-electron chi connectivity index (χ1n) is 5.32. The second-order valence-electron chi connectivity index (χ2n) is 4.21. The molecule has 0 atom stereocenters. The van der Waals surface area contributed by atoms with Crippen LogP contribution >= 0.6 is 0 Å². The number of halogens is 1. The van der Waals surface area contributed by atoms with Crippen LogP contribution in [0.5, 0.6) is 5.75 Å². The smallest absolute Gasteiger partial charge is 0.157 e. The molecule has 2 nitrogen and oxygen atoms in total. The molecule has 0 saturated carbocycles. The third-order valence-electron chi connectivity index (χ3n) is 2.70. The van der Waals surface area contributed by atoms with Crippen molar-refractivity contribution in [3.8, 4) is 18.1 Å². The van der Waals surface area contributed by atoms with E-state index < -0.39 is 5.82 Å². The highest BCUT2D eigenvalue weighted by Crippen LogP contribution is 2.31. The number of benzene rings is 1. The highest BCUT2D eigenvalue weighted by Gasteiger charge is 2.14. The van der Waals surface area contributed by atoms with Crippen LogP contribution in [0.25, 0.3) is 10.9 Å². The van der Waals surface area contributed by atoms with E-state index in [-0.39, 0.29) is 17.2 Å². The van der Waals surface area contributed by atoms with Gasteiger partial charge in [0.15, 0.2) is 5.82 Å². The molecule has 0 aliphatic carbocycles. The van der Waals surface area contributed by atoms with Crippen LogP contribution in [0.2, 0.25) is 0 Å². The van der Waals surface area contributed by atoms with Crippen LogP contribution in [0.15, 0.2) is 18.3 Å². The van der Waals surface area contributed by atoms with Crippen molar-refractivity contribution in [2.24, 2.45) is 0 Å². The average molecular weight is 229 g/mol. The summed E-state index contributed by atoms with van der Waals surface area (Å²) >= 11 is 0. The summed E-state index contributed by atoms with van der Waals surface area (Å²) in [6, 6.07) is 3.09. The van der Waals surface area contributed by atoms with Crippen molar-refractivity contribution in [2.45, 2.75) is 19.8 Å². The van der Waals surface area contributed by atoms with Crippen LogP contribution in [0.4, 0.5) is 4.39 Å². The number of fused-ring (bicyclic) bond motifs is 1. The van der Waals surface area contributed by atoms with E-state index in [0.29, 0.717) is 10.9 Å². The molecule has 0 saturated heterocycles. The van der Waals surface area contributed by atoms with E-state index in [1.807, 2.05) is 13.8 Å². The van der Waals surface area contributed by atoms with Crippen LogP contribution in [0.3, 0.4) is 0 Å². The molecule has 86 valence electrons. The Balaban J connectivity index is 2.98. The molecule has 17 heavy (non-hydrogen) atoms. The van der Waals surface area contributed by atoms with Gasteiger partial charge in [0.1, 0.15) is 5.75 Å². The summed E-state index contributed by atoms with van der Waals surface area (Å²) in [5.74, 6) is 2.09. The first-order chi connectivity index (χ1) is 8.04. The highest BCUT2D eigenvalue weighted by molar-refractivity contribution is 5.89. The summed E-state index contributed by atoms with van der Waals surface area (Å²) in [6.45, 7) is 3.92. The molecule has 3 heteroatoms. The van der Waals surface area contributed by atoms with Gasteiger partial charge in [-0.15, -0.1) is 6.42 Å². The van der Waals surface area contributed by atoms with Gasteiger partial charge in [-0.05, 0) is 17.5 Å². The third-order valence-corrected chi connectivity index (χ3v) is 2.70. The lowest BCUT2D eigenvalue weighted by atomic mass is 9.95. The summed E-state index contributed by atoms with van der Waals surface area (Å²) in [7, 11) is 0. The summed E-state index contributed by atoms with van der Waals surface area (Å²) < 4.78 is 13.6. The van der Waals surface area contributed by atoms with Crippen molar-refractivity contribution >= 4 is 10.9 Å². The molecule has 2 aromatic rings. The fraction of sp³-hybridized carbons (Fsp3) is 0.214. The predicted molar refractivity (Wildman–Crippen MR) is 65.4 cm³/mol. The molecule has 0 unspecified atom stereocenters. The van der Waals surface area contributed by atoms with Gasteiger partial charge < -0.3 is 5.11 Å². The van der Waals surface area contributed by atoms with Crippen molar-refractivity contribution in [1.82, 2.24) is 4.98 Å². The zero-order valence-electron chi connectivity index (χ0n) is 9.66. The maximum Gasteiger partial charge on any atom is 0.157 e. The standard InChI is InChI=1S/C14H12FNO/c1-4-10-12(15)7-16-13-6-9(17)5-11(8(2)3)14(10)13/h1,5-8,17H,2-3H3. The van der Waals surface area contributed by atoms with Crippen LogP contribution in [-0.2, 0) is 0 Å². The minimum Gasteiger partial charge on any atom is -0.508 e. The highest BCUT2D eigenvalue weighted by atomic mass is 19.1. The summed E-state index contributed by atoms with van der Waals surface area (Å²) in [4.78, 5) is 3.96. The predicted octanol–water partition coefficient (Wildman–Crippen LogP) is 3.18. The van der Waals surface area contributed by atoms with Gasteiger partial charge in [0, 0.05) is 11.5 Å². The van der Waals surface area contributed by atoms with Gasteiger partial charge in [0.2, 0.25) is 0 Å². The molecule has 0 aliphatic rings. The zero-order chi connectivity index (χ0) is 12.6. The lowest BCUT2D eigenvalue weighted by molar-refractivity contribution is 0.475. The molecule has 0 bridgehead atoms. The molecule has 0 spiro atoms. The SMILES string of the molecule is C#Cc1c(F)cnc2cc(O)cc(C(C)C)c12. The second-order valence-corrected chi connectivity index (χ2v) is 4.21. The molecule has 0 amide bonds. The Morgan fingerprint density at radius 1 is 1.41 bits per heavy atom. The van der Waals surface area contributed by atoms with E-state index >= 15 is 0 Å². The molecule has 1 aromatic heterocycles. The summed E-state index contributed by atoms with van der Waals surface area (Å²) in [6.07, 6.45) is 6.43. The first-order valence-corrected chi connectivity index (χ1v) is 5.32. The van der Waals surface area contributed by atoms with Gasteiger partial charge in [0.05, 0.1) is 17.3 Å². The molecule has 1 aromatic carbocycles. The van der Waals surface area contributed by atoms with E-state index in [0.717, 1.165) is 11.8 Å². The maximum absolute atomic E-state index is 13.6. The van der Waals surface area contributed by atoms with E-state index in [1.165, 1.54) is 6.07 Å². The Bertz CT molecular complexity index is 626. The van der Waals surface area contributed by atoms with E-state index in [1.54, 1.807) is 6.07 Å². The van der Waals surface area contributed by atoms with Crippen molar-refractivity contribution in [3.63, 3.8) is 0 Å². The number of aromatic hydroxyl groups is 1. The van der Waals surface area contributed by atoms with Crippen molar-refractivity contribution in [2.75, 3.05) is 0 Å². The normalized spacial score (nSPS) is 10.8. The summed E-state index contributed by atoms with van der Waals surface area (Å²) in [5, 5.41) is 10.2. The fourth-order valence-corrected chi connectivity index (χ4v) is 1.91. The van der Waals surface area contributed by atoms with Gasteiger partial charge in [-0.1, -0.05) is 19.8 Å². The molecular formula is C14H12FNO. The summed E-state index contributed by atoms with van der Waals surface area (Å²) in [5.41, 5.74) is 1.53. The Morgan fingerprint density at radius 3 is 2.71 bits per heavy atom. The monoisotopic (exact) mass is 229 g/mol. The Labute approximate surface area is 99.1 Å². The van der Waals surface area contributed by atoms with Gasteiger partial charge in [0.25, 0.3) is 0 Å².